The fourth-order valence-electron chi connectivity index (χ4n) is 2.53. The number of aliphatic hydroxyl groups is 1. The maximum absolute atomic E-state index is 9.74. The number of pyridine rings is 1. The van der Waals surface area contributed by atoms with Gasteiger partial charge >= 0.3 is 0 Å². The number of benzene rings is 1. The molecule has 1 heterocycles. The number of hydrogen-bond donors (Lipinski definition) is 1. The summed E-state index contributed by atoms with van der Waals surface area (Å²) in [5.41, 5.74) is 4.15. The lowest BCUT2D eigenvalue weighted by atomic mass is 10.1. The summed E-state index contributed by atoms with van der Waals surface area (Å²) < 4.78 is 11.7. The third-order valence-electron chi connectivity index (χ3n) is 4.02. The van der Waals surface area contributed by atoms with Gasteiger partial charge in [-0.05, 0) is 25.3 Å². The highest BCUT2D eigenvalue weighted by atomic mass is 16.5. The number of aromatic nitrogens is 1. The molecule has 0 aliphatic heterocycles. The first kappa shape index (κ1) is 18.4. The summed E-state index contributed by atoms with van der Waals surface area (Å²) in [7, 11) is 0. The summed E-state index contributed by atoms with van der Waals surface area (Å²) in [5, 5.41) is 9.74. The van der Waals surface area contributed by atoms with Gasteiger partial charge < -0.3 is 14.6 Å². The number of rotatable bonds is 9. The Morgan fingerprint density at radius 2 is 1.88 bits per heavy atom. The highest BCUT2D eigenvalue weighted by Crippen LogP contribution is 2.27. The number of ether oxygens (including phenoxy) is 2. The van der Waals surface area contributed by atoms with Crippen LogP contribution in [0.2, 0.25) is 0 Å². The molecule has 2 aromatic rings. The molecule has 4 heteroatoms. The van der Waals surface area contributed by atoms with Crippen molar-refractivity contribution in [2.24, 2.45) is 0 Å². The van der Waals surface area contributed by atoms with Crippen molar-refractivity contribution in [2.75, 3.05) is 6.61 Å². The number of nitrogens with zero attached hydrogens (tertiary/aromatic N) is 1. The second-order valence-electron chi connectivity index (χ2n) is 5.88. The minimum absolute atomic E-state index is 0.292. The molecule has 130 valence electrons. The highest BCUT2D eigenvalue weighted by Gasteiger charge is 2.14. The van der Waals surface area contributed by atoms with Crippen molar-refractivity contribution in [1.82, 2.24) is 4.98 Å². The molecular weight excluding hydrogens is 302 g/mol. The van der Waals surface area contributed by atoms with Crippen molar-refractivity contribution >= 4 is 0 Å². The van der Waals surface area contributed by atoms with Crippen LogP contribution in [-0.2, 0) is 24.4 Å². The van der Waals surface area contributed by atoms with Crippen LogP contribution in [0.4, 0.5) is 0 Å². The van der Waals surface area contributed by atoms with Crippen LogP contribution < -0.4 is 4.74 Å². The maximum atomic E-state index is 9.74. The van der Waals surface area contributed by atoms with E-state index in [1.807, 2.05) is 38.2 Å². The quantitative estimate of drug-likeness (QED) is 0.760. The van der Waals surface area contributed by atoms with E-state index in [1.165, 1.54) is 0 Å². The van der Waals surface area contributed by atoms with Crippen LogP contribution >= 0.6 is 0 Å². The van der Waals surface area contributed by atoms with Gasteiger partial charge in [0.05, 0.1) is 25.0 Å². The Morgan fingerprint density at radius 3 is 2.54 bits per heavy atom. The van der Waals surface area contributed by atoms with Gasteiger partial charge in [0.2, 0.25) is 0 Å². The third-order valence-corrected chi connectivity index (χ3v) is 4.02. The molecular formula is C20H27NO3. The Balaban J connectivity index is 2.06. The fourth-order valence-corrected chi connectivity index (χ4v) is 2.53. The molecule has 0 amide bonds. The molecule has 4 nitrogen and oxygen atoms in total. The fraction of sp³-hybridized carbons (Fsp3) is 0.450. The molecule has 0 unspecified atom stereocenters. The lowest BCUT2D eigenvalue weighted by molar-refractivity contribution is 0.0998. The van der Waals surface area contributed by atoms with Gasteiger partial charge in [0.25, 0.3) is 0 Å². The number of hydrogen-bond acceptors (Lipinski definition) is 4. The zero-order valence-electron chi connectivity index (χ0n) is 14.8. The Morgan fingerprint density at radius 1 is 1.12 bits per heavy atom. The predicted octanol–water partition coefficient (Wildman–Crippen LogP) is 3.82. The lowest BCUT2D eigenvalue weighted by Crippen LogP contribution is -2.18. The first-order valence-corrected chi connectivity index (χ1v) is 8.55. The van der Waals surface area contributed by atoms with Crippen molar-refractivity contribution in [2.45, 2.75) is 52.9 Å². The Kier molecular flexibility index (Phi) is 7.22. The van der Waals surface area contributed by atoms with Gasteiger partial charge in [-0.2, -0.15) is 0 Å². The van der Waals surface area contributed by atoms with Gasteiger partial charge in [0, 0.05) is 17.3 Å². The normalized spacial score (nSPS) is 12.2. The molecule has 0 bridgehead atoms. The van der Waals surface area contributed by atoms with E-state index in [-0.39, 0.29) is 0 Å². The standard InChI is InChI=1S/C20H27NO3/c1-4-18(22)14-24-20-15(3)21-11-17(19(20)5-2)13-23-12-16-9-7-6-8-10-16/h6-11,18,22H,4-5,12-14H2,1-3H3/t18-/m1/s1. The van der Waals surface area contributed by atoms with Crippen LogP contribution in [0.5, 0.6) is 5.75 Å². The zero-order valence-corrected chi connectivity index (χ0v) is 14.8. The predicted molar refractivity (Wildman–Crippen MR) is 95.1 cm³/mol. The van der Waals surface area contributed by atoms with Crippen molar-refractivity contribution in [3.8, 4) is 5.75 Å². The monoisotopic (exact) mass is 329 g/mol. The minimum Gasteiger partial charge on any atom is -0.489 e. The third kappa shape index (κ3) is 5.05. The Labute approximate surface area is 144 Å². The first-order chi connectivity index (χ1) is 11.7. The lowest BCUT2D eigenvalue weighted by Gasteiger charge is -2.18. The minimum atomic E-state index is -0.452. The summed E-state index contributed by atoms with van der Waals surface area (Å²) in [6.45, 7) is 7.33. The maximum Gasteiger partial charge on any atom is 0.144 e. The van der Waals surface area contributed by atoms with Gasteiger partial charge in [0.15, 0.2) is 0 Å². The molecule has 0 saturated heterocycles. The van der Waals surface area contributed by atoms with E-state index < -0.39 is 6.10 Å². The second kappa shape index (κ2) is 9.40. The molecule has 0 radical (unpaired) electrons. The summed E-state index contributed by atoms with van der Waals surface area (Å²) in [6, 6.07) is 10.1. The van der Waals surface area contributed by atoms with E-state index in [4.69, 9.17) is 9.47 Å². The molecule has 1 N–H and O–H groups in total. The van der Waals surface area contributed by atoms with E-state index in [2.05, 4.69) is 24.0 Å². The van der Waals surface area contributed by atoms with Crippen LogP contribution in [0.25, 0.3) is 0 Å². The molecule has 1 aromatic heterocycles. The van der Waals surface area contributed by atoms with Crippen LogP contribution in [0.1, 0.15) is 42.7 Å². The van der Waals surface area contributed by atoms with Crippen molar-refractivity contribution in [3.63, 3.8) is 0 Å². The van der Waals surface area contributed by atoms with Gasteiger partial charge in [-0.25, -0.2) is 0 Å². The SMILES string of the molecule is CCc1c(COCc2ccccc2)cnc(C)c1OC[C@H](O)CC. The largest absolute Gasteiger partial charge is 0.489 e. The van der Waals surface area contributed by atoms with Gasteiger partial charge in [-0.1, -0.05) is 44.2 Å². The Bertz CT molecular complexity index is 628. The molecule has 0 aliphatic rings. The second-order valence-corrected chi connectivity index (χ2v) is 5.88. The number of aryl methyl sites for hydroxylation is 1. The molecule has 1 aromatic carbocycles. The van der Waals surface area contributed by atoms with Crippen LogP contribution in [0, 0.1) is 6.92 Å². The molecule has 24 heavy (non-hydrogen) atoms. The van der Waals surface area contributed by atoms with Crippen LogP contribution in [-0.4, -0.2) is 22.8 Å². The van der Waals surface area contributed by atoms with Crippen molar-refractivity contribution < 1.29 is 14.6 Å². The van der Waals surface area contributed by atoms with E-state index in [9.17, 15) is 5.11 Å². The molecule has 0 fully saturated rings. The zero-order chi connectivity index (χ0) is 17.4. The van der Waals surface area contributed by atoms with Crippen LogP contribution in [0.15, 0.2) is 36.5 Å². The summed E-state index contributed by atoms with van der Waals surface area (Å²) >= 11 is 0. The van der Waals surface area contributed by atoms with Gasteiger partial charge in [0.1, 0.15) is 12.4 Å². The van der Waals surface area contributed by atoms with E-state index >= 15 is 0 Å². The molecule has 2 rings (SSSR count). The van der Waals surface area contributed by atoms with Crippen LogP contribution in [0.3, 0.4) is 0 Å². The van der Waals surface area contributed by atoms with Gasteiger partial charge in [-0.3, -0.25) is 4.98 Å². The average Bonchev–Trinajstić information content (AvgIpc) is 2.62. The topological polar surface area (TPSA) is 51.6 Å². The molecule has 0 aliphatic carbocycles. The highest BCUT2D eigenvalue weighted by molar-refractivity contribution is 5.41. The van der Waals surface area contributed by atoms with Crippen molar-refractivity contribution in [3.05, 3.63) is 58.9 Å². The number of aliphatic hydroxyl groups excluding tert-OH is 1. The van der Waals surface area contributed by atoms with Crippen molar-refractivity contribution in [1.29, 1.82) is 0 Å². The van der Waals surface area contributed by atoms with Gasteiger partial charge in [-0.15, -0.1) is 0 Å². The Hall–Kier alpha value is -1.91. The summed E-state index contributed by atoms with van der Waals surface area (Å²) in [4.78, 5) is 4.43. The summed E-state index contributed by atoms with van der Waals surface area (Å²) in [6.07, 6.45) is 2.92. The van der Waals surface area contributed by atoms with E-state index in [0.717, 1.165) is 34.6 Å². The molecule has 1 atom stereocenters. The van der Waals surface area contributed by atoms with E-state index in [0.29, 0.717) is 26.2 Å². The average molecular weight is 329 g/mol. The summed E-state index contributed by atoms with van der Waals surface area (Å²) in [5.74, 6) is 0.783. The smallest absolute Gasteiger partial charge is 0.144 e. The van der Waals surface area contributed by atoms with E-state index in [1.54, 1.807) is 0 Å². The molecule has 0 saturated carbocycles. The first-order valence-electron chi connectivity index (χ1n) is 8.55. The molecule has 0 spiro atoms.